The van der Waals surface area contributed by atoms with Crippen molar-refractivity contribution in [3.63, 3.8) is 0 Å². The molecule has 0 radical (unpaired) electrons. The molecule has 6 heteroatoms. The molecule has 82 valence electrons. The zero-order chi connectivity index (χ0) is 11.4. The van der Waals surface area contributed by atoms with E-state index in [4.69, 9.17) is 0 Å². The molecular weight excluding hydrogens is 282 g/mol. The predicted octanol–water partition coefficient (Wildman–Crippen LogP) is 1.34. The monoisotopic (exact) mass is 287 g/mol. The molecule has 1 aromatic carbocycles. The summed E-state index contributed by atoms with van der Waals surface area (Å²) in [4.78, 5) is 8.49. The molecule has 0 aliphatic heterocycles. The summed E-state index contributed by atoms with van der Waals surface area (Å²) in [6.45, 7) is 0. The maximum Gasteiger partial charge on any atom is 0.260 e. The Hall–Kier alpha value is -1.95. The summed E-state index contributed by atoms with van der Waals surface area (Å²) >= 11 is 3.54. The Labute approximate surface area is 104 Å². The molecule has 0 aliphatic rings. The van der Waals surface area contributed by atoms with Crippen molar-refractivity contribution in [3.8, 4) is 0 Å². The van der Waals surface area contributed by atoms with Crippen LogP contribution in [0.25, 0.3) is 22.2 Å². The SMILES string of the molecule is Brc1cccc2cn3c4nccnc4[n-][n+]3c12. The molecule has 0 amide bonds. The van der Waals surface area contributed by atoms with Crippen molar-refractivity contribution in [2.75, 3.05) is 0 Å². The molecule has 0 fully saturated rings. The number of rotatable bonds is 0. The summed E-state index contributed by atoms with van der Waals surface area (Å²) in [6.07, 6.45) is 5.32. The van der Waals surface area contributed by atoms with Crippen LogP contribution in [0.1, 0.15) is 0 Å². The Balaban J connectivity index is 2.35. The lowest BCUT2D eigenvalue weighted by Gasteiger charge is -1.88. The highest BCUT2D eigenvalue weighted by atomic mass is 79.9. The zero-order valence-electron chi connectivity index (χ0n) is 8.58. The number of aromatic nitrogens is 5. The van der Waals surface area contributed by atoms with Crippen LogP contribution in [-0.4, -0.2) is 14.5 Å². The first-order chi connectivity index (χ1) is 8.34. The number of benzene rings is 1. The molecule has 3 heterocycles. The van der Waals surface area contributed by atoms with E-state index in [2.05, 4.69) is 31.0 Å². The minimum absolute atomic E-state index is 0.644. The van der Waals surface area contributed by atoms with E-state index >= 15 is 0 Å². The topological polar surface area (TPSA) is 48.4 Å². The first kappa shape index (κ1) is 9.12. The lowest BCUT2D eigenvalue weighted by Crippen LogP contribution is -2.30. The van der Waals surface area contributed by atoms with Crippen molar-refractivity contribution in [2.45, 2.75) is 0 Å². The van der Waals surface area contributed by atoms with Crippen molar-refractivity contribution in [3.05, 3.63) is 41.3 Å². The third-order valence-corrected chi connectivity index (χ3v) is 3.39. The van der Waals surface area contributed by atoms with Gasteiger partial charge in [0.15, 0.2) is 5.65 Å². The van der Waals surface area contributed by atoms with Gasteiger partial charge in [-0.15, -0.1) is 5.10 Å². The molecule has 5 nitrogen and oxygen atoms in total. The van der Waals surface area contributed by atoms with Crippen LogP contribution in [0.4, 0.5) is 0 Å². The third kappa shape index (κ3) is 1.10. The Kier molecular flexibility index (Phi) is 1.63. The van der Waals surface area contributed by atoms with Gasteiger partial charge in [0.2, 0.25) is 0 Å². The van der Waals surface area contributed by atoms with Crippen LogP contribution < -0.4 is 9.73 Å². The summed E-state index contributed by atoms with van der Waals surface area (Å²) < 4.78 is 4.72. The van der Waals surface area contributed by atoms with Crippen molar-refractivity contribution < 1.29 is 4.63 Å². The van der Waals surface area contributed by atoms with Crippen LogP contribution in [0, 0.1) is 0 Å². The van der Waals surface area contributed by atoms with Crippen molar-refractivity contribution in [1.82, 2.24) is 19.6 Å². The first-order valence-electron chi connectivity index (χ1n) is 5.10. The number of halogens is 1. The van der Waals surface area contributed by atoms with Crippen LogP contribution in [0.5, 0.6) is 0 Å². The van der Waals surface area contributed by atoms with Gasteiger partial charge in [0.25, 0.3) is 5.52 Å². The minimum Gasteiger partial charge on any atom is -0.361 e. The molecule has 4 aromatic rings. The summed E-state index contributed by atoms with van der Waals surface area (Å²) in [7, 11) is 0. The molecule has 0 saturated heterocycles. The van der Waals surface area contributed by atoms with E-state index in [0.717, 1.165) is 21.0 Å². The van der Waals surface area contributed by atoms with E-state index in [-0.39, 0.29) is 0 Å². The lowest BCUT2D eigenvalue weighted by molar-refractivity contribution is -0.650. The second-order valence-electron chi connectivity index (χ2n) is 3.74. The summed E-state index contributed by atoms with van der Waals surface area (Å²) in [5.74, 6) is 0. The smallest absolute Gasteiger partial charge is 0.260 e. The Morgan fingerprint density at radius 3 is 3.06 bits per heavy atom. The fourth-order valence-electron chi connectivity index (χ4n) is 2.04. The van der Waals surface area contributed by atoms with Crippen LogP contribution in [0.15, 0.2) is 41.3 Å². The number of nitrogens with zero attached hydrogens (tertiary/aromatic N) is 5. The van der Waals surface area contributed by atoms with Gasteiger partial charge in [0, 0.05) is 12.4 Å². The van der Waals surface area contributed by atoms with Gasteiger partial charge in [-0.25, -0.2) is 4.98 Å². The summed E-state index contributed by atoms with van der Waals surface area (Å²) in [5, 5.41) is 5.55. The largest absolute Gasteiger partial charge is 0.361 e. The van der Waals surface area contributed by atoms with Crippen LogP contribution in [0.2, 0.25) is 0 Å². The van der Waals surface area contributed by atoms with Gasteiger partial charge in [0.1, 0.15) is 5.65 Å². The molecule has 17 heavy (non-hydrogen) atoms. The second kappa shape index (κ2) is 3.04. The molecular formula is C11H6BrN5. The van der Waals surface area contributed by atoms with Gasteiger partial charge in [-0.05, 0) is 34.3 Å². The fourth-order valence-corrected chi connectivity index (χ4v) is 2.58. The second-order valence-corrected chi connectivity index (χ2v) is 4.60. The highest BCUT2D eigenvalue weighted by Gasteiger charge is 2.15. The van der Waals surface area contributed by atoms with E-state index in [9.17, 15) is 0 Å². The molecule has 0 atom stereocenters. The van der Waals surface area contributed by atoms with Gasteiger partial charge >= 0.3 is 0 Å². The summed E-state index contributed by atoms with van der Waals surface area (Å²) in [5.41, 5.74) is 2.42. The predicted molar refractivity (Wildman–Crippen MR) is 64.7 cm³/mol. The van der Waals surface area contributed by atoms with E-state index in [1.54, 1.807) is 12.4 Å². The number of fused-ring (bicyclic) bond motifs is 5. The average Bonchev–Trinajstić information content (AvgIpc) is 2.85. The average molecular weight is 288 g/mol. The highest BCUT2D eigenvalue weighted by Crippen LogP contribution is 2.21. The molecule has 0 unspecified atom stereocenters. The number of hydrogen-bond acceptors (Lipinski definition) is 2. The standard InChI is InChI=1S/C11H6BrN5/c12-8-3-1-2-7-6-16-11-10(13-4-5-14-11)15-17(16)9(7)8/h1-6H. The Morgan fingerprint density at radius 1 is 1.24 bits per heavy atom. The zero-order valence-corrected chi connectivity index (χ0v) is 10.2. The van der Waals surface area contributed by atoms with Gasteiger partial charge in [-0.2, -0.15) is 4.52 Å². The molecule has 0 spiro atoms. The van der Waals surface area contributed by atoms with Crippen molar-refractivity contribution in [1.29, 1.82) is 0 Å². The lowest BCUT2D eigenvalue weighted by atomic mass is 10.3. The van der Waals surface area contributed by atoms with Crippen LogP contribution in [-0.2, 0) is 0 Å². The molecule has 0 saturated carbocycles. The highest BCUT2D eigenvalue weighted by molar-refractivity contribution is 9.10. The van der Waals surface area contributed by atoms with E-state index in [0.29, 0.717) is 5.65 Å². The molecule has 3 aromatic heterocycles. The van der Waals surface area contributed by atoms with E-state index < -0.39 is 0 Å². The van der Waals surface area contributed by atoms with E-state index in [1.807, 2.05) is 33.5 Å². The van der Waals surface area contributed by atoms with Gasteiger partial charge in [-0.1, -0.05) is 10.7 Å². The minimum atomic E-state index is 0.644. The maximum absolute atomic E-state index is 4.44. The van der Waals surface area contributed by atoms with Crippen LogP contribution >= 0.6 is 15.9 Å². The maximum atomic E-state index is 4.44. The first-order valence-corrected chi connectivity index (χ1v) is 5.89. The van der Waals surface area contributed by atoms with Crippen molar-refractivity contribution >= 4 is 38.1 Å². The molecule has 0 aliphatic carbocycles. The molecule has 0 N–H and O–H groups in total. The molecule has 4 rings (SSSR count). The van der Waals surface area contributed by atoms with Crippen LogP contribution in [0.3, 0.4) is 0 Å². The van der Waals surface area contributed by atoms with E-state index in [1.165, 1.54) is 0 Å². The van der Waals surface area contributed by atoms with Crippen molar-refractivity contribution in [2.24, 2.45) is 0 Å². The Morgan fingerprint density at radius 2 is 2.12 bits per heavy atom. The quantitative estimate of drug-likeness (QED) is 0.459. The fraction of sp³-hybridized carbons (Fsp3) is 0. The Bertz CT molecular complexity index is 860. The van der Waals surface area contributed by atoms with Gasteiger partial charge in [-0.3, -0.25) is 0 Å². The number of hydrogen-bond donors (Lipinski definition) is 0. The van der Waals surface area contributed by atoms with Gasteiger partial charge < -0.3 is 4.98 Å². The normalized spacial score (nSPS) is 11.8. The number of para-hydroxylation sites is 1. The summed E-state index contributed by atoms with van der Waals surface area (Å²) in [6, 6.07) is 6.04. The molecule has 0 bridgehead atoms. The third-order valence-electron chi connectivity index (χ3n) is 2.75. The van der Waals surface area contributed by atoms with Gasteiger partial charge in [0.05, 0.1) is 9.86 Å².